The number of halogens is 1. The smallest absolute Gasteiger partial charge is 0.339 e. The molecule has 0 bridgehead atoms. The first-order valence-electron chi connectivity index (χ1n) is 4.87. The van der Waals surface area contributed by atoms with E-state index in [-0.39, 0.29) is 11.3 Å². The van der Waals surface area contributed by atoms with Crippen molar-refractivity contribution in [1.82, 2.24) is 0 Å². The van der Waals surface area contributed by atoms with E-state index in [1.165, 1.54) is 0 Å². The van der Waals surface area contributed by atoms with Crippen molar-refractivity contribution in [2.45, 2.75) is 25.7 Å². The molecule has 0 fully saturated rings. The minimum absolute atomic E-state index is 0.0278. The summed E-state index contributed by atoms with van der Waals surface area (Å²) in [6.45, 7) is 0. The van der Waals surface area contributed by atoms with Gasteiger partial charge in [0.2, 0.25) is 0 Å². The van der Waals surface area contributed by atoms with Gasteiger partial charge in [-0.05, 0) is 65.5 Å². The molecule has 0 saturated carbocycles. The summed E-state index contributed by atoms with van der Waals surface area (Å²) in [4.78, 5) is 10.9. The van der Waals surface area contributed by atoms with Crippen molar-refractivity contribution in [2.75, 3.05) is 0 Å². The minimum Gasteiger partial charge on any atom is -0.506 e. The second-order valence-electron chi connectivity index (χ2n) is 3.74. The summed E-state index contributed by atoms with van der Waals surface area (Å²) >= 11 is 2.03. The Bertz CT molecular complexity index is 426. The number of carbonyl (C=O) groups is 1. The van der Waals surface area contributed by atoms with E-state index < -0.39 is 5.97 Å². The largest absolute Gasteiger partial charge is 0.506 e. The fraction of sp³-hybridized carbons (Fsp3) is 0.364. The lowest BCUT2D eigenvalue weighted by Gasteiger charge is -2.19. The van der Waals surface area contributed by atoms with Crippen LogP contribution < -0.4 is 0 Å². The Labute approximate surface area is 101 Å². The molecule has 4 heteroatoms. The predicted molar refractivity (Wildman–Crippen MR) is 64.4 cm³/mol. The van der Waals surface area contributed by atoms with Crippen LogP contribution in [-0.2, 0) is 12.8 Å². The molecule has 0 unspecified atom stereocenters. The third-order valence-electron chi connectivity index (χ3n) is 2.79. The van der Waals surface area contributed by atoms with E-state index in [0.29, 0.717) is 3.57 Å². The number of rotatable bonds is 1. The number of hydrogen-bond donors (Lipinski definition) is 2. The highest BCUT2D eigenvalue weighted by atomic mass is 127. The van der Waals surface area contributed by atoms with Crippen molar-refractivity contribution in [3.63, 3.8) is 0 Å². The molecule has 3 nitrogen and oxygen atoms in total. The van der Waals surface area contributed by atoms with Gasteiger partial charge in [-0.15, -0.1) is 0 Å². The number of hydrogen-bond acceptors (Lipinski definition) is 2. The molecule has 1 aliphatic rings. The number of fused-ring (bicyclic) bond motifs is 1. The van der Waals surface area contributed by atoms with Gasteiger partial charge < -0.3 is 10.2 Å². The molecule has 0 amide bonds. The zero-order chi connectivity index (χ0) is 11.0. The molecule has 15 heavy (non-hydrogen) atoms. The fourth-order valence-corrected chi connectivity index (χ4v) is 2.91. The predicted octanol–water partition coefficient (Wildman–Crippen LogP) is 2.57. The first-order valence-corrected chi connectivity index (χ1v) is 5.95. The lowest BCUT2D eigenvalue weighted by Crippen LogP contribution is -2.09. The van der Waals surface area contributed by atoms with Crippen molar-refractivity contribution in [1.29, 1.82) is 0 Å². The highest BCUT2D eigenvalue weighted by Gasteiger charge is 2.21. The second kappa shape index (κ2) is 4.00. The van der Waals surface area contributed by atoms with Gasteiger partial charge in [0.25, 0.3) is 0 Å². The molecule has 0 radical (unpaired) electrons. The quantitative estimate of drug-likeness (QED) is 0.783. The SMILES string of the molecule is O=C(O)c1cc2c(c(I)c1O)CCCC2. The molecule has 1 aromatic carbocycles. The van der Waals surface area contributed by atoms with Crippen molar-refractivity contribution >= 4 is 28.6 Å². The summed E-state index contributed by atoms with van der Waals surface area (Å²) in [7, 11) is 0. The Morgan fingerprint density at radius 2 is 2.00 bits per heavy atom. The average molecular weight is 318 g/mol. The zero-order valence-electron chi connectivity index (χ0n) is 8.09. The molecule has 0 saturated heterocycles. The third-order valence-corrected chi connectivity index (χ3v) is 3.95. The van der Waals surface area contributed by atoms with Gasteiger partial charge in [0.15, 0.2) is 0 Å². The number of benzene rings is 1. The Kier molecular flexibility index (Phi) is 2.86. The highest BCUT2D eigenvalue weighted by Crippen LogP contribution is 2.34. The maximum absolute atomic E-state index is 10.9. The maximum atomic E-state index is 10.9. The van der Waals surface area contributed by atoms with E-state index in [9.17, 15) is 9.90 Å². The summed E-state index contributed by atoms with van der Waals surface area (Å²) in [5.74, 6) is -1.14. The standard InChI is InChI=1S/C11H11IO3/c12-9-7-4-2-1-3-6(7)5-8(10(9)13)11(14)15/h5,13H,1-4H2,(H,14,15). The van der Waals surface area contributed by atoms with Crippen molar-refractivity contribution < 1.29 is 15.0 Å². The molecule has 0 aromatic heterocycles. The Morgan fingerprint density at radius 1 is 1.33 bits per heavy atom. The highest BCUT2D eigenvalue weighted by molar-refractivity contribution is 14.1. The average Bonchev–Trinajstić information content (AvgIpc) is 2.23. The van der Waals surface area contributed by atoms with Gasteiger partial charge in [-0.2, -0.15) is 0 Å². The van der Waals surface area contributed by atoms with Crippen molar-refractivity contribution in [2.24, 2.45) is 0 Å². The molecule has 0 atom stereocenters. The first-order chi connectivity index (χ1) is 7.11. The number of carboxylic acids is 1. The van der Waals surface area contributed by atoms with Crippen molar-refractivity contribution in [3.05, 3.63) is 26.3 Å². The summed E-state index contributed by atoms with van der Waals surface area (Å²) in [5.41, 5.74) is 2.24. The van der Waals surface area contributed by atoms with Crippen LogP contribution in [0.15, 0.2) is 6.07 Å². The second-order valence-corrected chi connectivity index (χ2v) is 4.82. The number of aromatic carboxylic acids is 1. The van der Waals surface area contributed by atoms with E-state index in [1.807, 2.05) is 22.6 Å². The van der Waals surface area contributed by atoms with Crippen LogP contribution in [0.2, 0.25) is 0 Å². The number of carboxylic acid groups (broad SMARTS) is 1. The maximum Gasteiger partial charge on any atom is 0.339 e. The van der Waals surface area contributed by atoms with E-state index in [2.05, 4.69) is 0 Å². The van der Waals surface area contributed by atoms with E-state index in [0.717, 1.165) is 36.8 Å². The van der Waals surface area contributed by atoms with Crippen LogP contribution in [-0.4, -0.2) is 16.2 Å². The molecule has 2 rings (SSSR count). The summed E-state index contributed by atoms with van der Waals surface area (Å²) in [6, 6.07) is 1.62. The Balaban J connectivity index is 2.63. The summed E-state index contributed by atoms with van der Waals surface area (Å²) < 4.78 is 0.710. The Hall–Kier alpha value is -0.780. The minimum atomic E-state index is -1.06. The third kappa shape index (κ3) is 1.82. The summed E-state index contributed by atoms with van der Waals surface area (Å²) in [5, 5.41) is 18.7. The van der Waals surface area contributed by atoms with E-state index in [4.69, 9.17) is 5.11 Å². The summed E-state index contributed by atoms with van der Waals surface area (Å²) in [6.07, 6.45) is 4.09. The van der Waals surface area contributed by atoms with Crippen LogP contribution in [0.3, 0.4) is 0 Å². The molecular weight excluding hydrogens is 307 g/mol. The van der Waals surface area contributed by atoms with Crippen LogP contribution in [0.25, 0.3) is 0 Å². The molecule has 1 aromatic rings. The van der Waals surface area contributed by atoms with Gasteiger partial charge in [-0.1, -0.05) is 0 Å². The van der Waals surface area contributed by atoms with Crippen LogP contribution >= 0.6 is 22.6 Å². The lowest BCUT2D eigenvalue weighted by molar-refractivity contribution is 0.0693. The number of aromatic hydroxyl groups is 1. The van der Waals surface area contributed by atoms with Crippen molar-refractivity contribution in [3.8, 4) is 5.75 Å². The fourth-order valence-electron chi connectivity index (χ4n) is 2.01. The first kappa shape index (κ1) is 10.7. The van der Waals surface area contributed by atoms with E-state index in [1.54, 1.807) is 6.07 Å². The van der Waals surface area contributed by atoms with E-state index >= 15 is 0 Å². The van der Waals surface area contributed by atoms with Crippen LogP contribution in [0.4, 0.5) is 0 Å². The monoisotopic (exact) mass is 318 g/mol. The molecule has 2 N–H and O–H groups in total. The number of phenols is 1. The van der Waals surface area contributed by atoms with Crippen LogP contribution in [0.5, 0.6) is 5.75 Å². The molecule has 80 valence electrons. The van der Waals surface area contributed by atoms with Gasteiger partial charge in [-0.3, -0.25) is 0 Å². The van der Waals surface area contributed by atoms with Gasteiger partial charge in [0, 0.05) is 0 Å². The van der Waals surface area contributed by atoms with Crippen LogP contribution in [0.1, 0.15) is 34.3 Å². The molecule has 0 heterocycles. The van der Waals surface area contributed by atoms with Gasteiger partial charge >= 0.3 is 5.97 Å². The van der Waals surface area contributed by atoms with Crippen LogP contribution in [0, 0.1) is 3.57 Å². The topological polar surface area (TPSA) is 57.5 Å². The molecule has 1 aliphatic carbocycles. The van der Waals surface area contributed by atoms with Gasteiger partial charge in [-0.25, -0.2) is 4.79 Å². The molecule has 0 spiro atoms. The van der Waals surface area contributed by atoms with Gasteiger partial charge in [0.05, 0.1) is 3.57 Å². The lowest BCUT2D eigenvalue weighted by atomic mass is 9.90. The Morgan fingerprint density at radius 3 is 2.67 bits per heavy atom. The van der Waals surface area contributed by atoms with Gasteiger partial charge in [0.1, 0.15) is 11.3 Å². The molecular formula is C11H11IO3. The zero-order valence-corrected chi connectivity index (χ0v) is 10.2. The normalized spacial score (nSPS) is 14.7. The number of aryl methyl sites for hydroxylation is 1. The molecule has 0 aliphatic heterocycles.